The van der Waals surface area contributed by atoms with Gasteiger partial charge in [-0.2, -0.15) is 0 Å². The molecule has 2 aromatic carbocycles. The van der Waals surface area contributed by atoms with Gasteiger partial charge in [0.05, 0.1) is 23.3 Å². The second-order valence-corrected chi connectivity index (χ2v) is 7.42. The number of carbonyl (C=O) groups is 1. The average molecular weight is 375 g/mol. The molecule has 28 heavy (non-hydrogen) atoms. The number of hydrogen-bond acceptors (Lipinski definition) is 3. The SMILES string of the molecule is CN1CCCC1CCn1cnc(-c2ccccc2)c1-c1ccccc1C(=O)O. The Labute approximate surface area is 165 Å². The maximum Gasteiger partial charge on any atom is 0.336 e. The molecule has 5 heteroatoms. The number of benzene rings is 2. The van der Waals surface area contributed by atoms with Crippen molar-refractivity contribution in [3.8, 4) is 22.5 Å². The van der Waals surface area contributed by atoms with E-state index in [2.05, 4.69) is 21.5 Å². The van der Waals surface area contributed by atoms with Crippen LogP contribution in [0.4, 0.5) is 0 Å². The van der Waals surface area contributed by atoms with Gasteiger partial charge in [-0.05, 0) is 38.9 Å². The van der Waals surface area contributed by atoms with Crippen molar-refractivity contribution >= 4 is 5.97 Å². The summed E-state index contributed by atoms with van der Waals surface area (Å²) in [5, 5.41) is 9.72. The van der Waals surface area contributed by atoms with Crippen molar-refractivity contribution in [3.63, 3.8) is 0 Å². The van der Waals surface area contributed by atoms with Crippen LogP contribution in [0.5, 0.6) is 0 Å². The molecule has 1 aromatic heterocycles. The minimum absolute atomic E-state index is 0.305. The van der Waals surface area contributed by atoms with Gasteiger partial charge in [0, 0.05) is 23.7 Å². The molecule has 1 aliphatic heterocycles. The zero-order valence-corrected chi connectivity index (χ0v) is 16.1. The molecule has 144 valence electrons. The van der Waals surface area contributed by atoms with Gasteiger partial charge in [-0.15, -0.1) is 0 Å². The summed E-state index contributed by atoms with van der Waals surface area (Å²) < 4.78 is 2.12. The Hall–Kier alpha value is -2.92. The summed E-state index contributed by atoms with van der Waals surface area (Å²) in [4.78, 5) is 19.0. The largest absolute Gasteiger partial charge is 0.478 e. The van der Waals surface area contributed by atoms with Crippen molar-refractivity contribution in [2.24, 2.45) is 0 Å². The third-order valence-corrected chi connectivity index (χ3v) is 5.67. The summed E-state index contributed by atoms with van der Waals surface area (Å²) in [5.74, 6) is -0.919. The quantitative estimate of drug-likeness (QED) is 0.694. The Morgan fingerprint density at radius 2 is 1.89 bits per heavy atom. The lowest BCUT2D eigenvalue weighted by Gasteiger charge is -2.20. The summed E-state index contributed by atoms with van der Waals surface area (Å²) in [6, 6.07) is 17.7. The molecule has 1 unspecified atom stereocenters. The molecule has 2 heterocycles. The number of hydrogen-bond donors (Lipinski definition) is 1. The Morgan fingerprint density at radius 1 is 1.14 bits per heavy atom. The molecule has 1 atom stereocenters. The van der Waals surface area contributed by atoms with Crippen LogP contribution in [0.25, 0.3) is 22.5 Å². The van der Waals surface area contributed by atoms with Crippen LogP contribution in [-0.4, -0.2) is 45.2 Å². The van der Waals surface area contributed by atoms with E-state index in [9.17, 15) is 9.90 Å². The maximum atomic E-state index is 11.8. The first kappa shape index (κ1) is 18.4. The van der Waals surface area contributed by atoms with Gasteiger partial charge in [-0.25, -0.2) is 9.78 Å². The highest BCUT2D eigenvalue weighted by atomic mass is 16.4. The first-order chi connectivity index (χ1) is 13.6. The van der Waals surface area contributed by atoms with Crippen LogP contribution in [0.15, 0.2) is 60.9 Å². The number of nitrogens with zero attached hydrogens (tertiary/aromatic N) is 3. The van der Waals surface area contributed by atoms with E-state index < -0.39 is 5.97 Å². The molecule has 1 fully saturated rings. The molecule has 0 aliphatic carbocycles. The van der Waals surface area contributed by atoms with Crippen molar-refractivity contribution in [2.45, 2.75) is 31.8 Å². The van der Waals surface area contributed by atoms with E-state index in [0.29, 0.717) is 17.2 Å². The number of aryl methyl sites for hydroxylation is 1. The lowest BCUT2D eigenvalue weighted by molar-refractivity contribution is 0.0697. The van der Waals surface area contributed by atoms with E-state index in [4.69, 9.17) is 0 Å². The Morgan fingerprint density at radius 3 is 2.61 bits per heavy atom. The van der Waals surface area contributed by atoms with E-state index in [1.165, 1.54) is 12.8 Å². The molecule has 0 radical (unpaired) electrons. The van der Waals surface area contributed by atoms with E-state index >= 15 is 0 Å². The number of likely N-dealkylation sites (tertiary alicyclic amines) is 1. The Bertz CT molecular complexity index is 965. The summed E-state index contributed by atoms with van der Waals surface area (Å²) in [7, 11) is 2.18. The van der Waals surface area contributed by atoms with Crippen LogP contribution in [-0.2, 0) is 6.54 Å². The number of aromatic nitrogens is 2. The maximum absolute atomic E-state index is 11.8. The van der Waals surface area contributed by atoms with E-state index in [-0.39, 0.29) is 0 Å². The van der Waals surface area contributed by atoms with Crippen LogP contribution in [0, 0.1) is 0 Å². The number of aromatic carboxylic acids is 1. The standard InChI is InChI=1S/C23H25N3O2/c1-25-14-7-10-18(25)13-15-26-16-24-21(17-8-3-2-4-9-17)22(26)19-11-5-6-12-20(19)23(27)28/h2-6,8-9,11-12,16,18H,7,10,13-15H2,1H3,(H,27,28). The van der Waals surface area contributed by atoms with Crippen LogP contribution in [0.1, 0.15) is 29.6 Å². The molecule has 0 spiro atoms. The predicted octanol–water partition coefficient (Wildman–Crippen LogP) is 4.40. The van der Waals surface area contributed by atoms with Gasteiger partial charge in [0.15, 0.2) is 0 Å². The van der Waals surface area contributed by atoms with Gasteiger partial charge >= 0.3 is 5.97 Å². The summed E-state index contributed by atoms with van der Waals surface area (Å²) in [6.45, 7) is 1.97. The topological polar surface area (TPSA) is 58.4 Å². The molecular weight excluding hydrogens is 350 g/mol. The first-order valence-corrected chi connectivity index (χ1v) is 9.78. The molecule has 0 saturated carbocycles. The zero-order valence-electron chi connectivity index (χ0n) is 16.1. The number of carboxylic acids is 1. The summed E-state index contributed by atoms with van der Waals surface area (Å²) in [6.07, 6.45) is 5.35. The van der Waals surface area contributed by atoms with Gasteiger partial charge in [-0.1, -0.05) is 48.5 Å². The molecular formula is C23H25N3O2. The van der Waals surface area contributed by atoms with Crippen LogP contribution < -0.4 is 0 Å². The average Bonchev–Trinajstić information content (AvgIpc) is 3.32. The lowest BCUT2D eigenvalue weighted by Crippen LogP contribution is -2.26. The number of carboxylic acid groups (broad SMARTS) is 1. The number of imidazole rings is 1. The van der Waals surface area contributed by atoms with Crippen LogP contribution >= 0.6 is 0 Å². The lowest BCUT2D eigenvalue weighted by atomic mass is 9.99. The van der Waals surface area contributed by atoms with Gasteiger partial charge < -0.3 is 14.6 Å². The molecule has 0 amide bonds. The molecule has 0 bridgehead atoms. The van der Waals surface area contributed by atoms with Crippen LogP contribution in [0.2, 0.25) is 0 Å². The minimum Gasteiger partial charge on any atom is -0.478 e. The van der Waals surface area contributed by atoms with Crippen molar-refractivity contribution < 1.29 is 9.90 Å². The van der Waals surface area contributed by atoms with Gasteiger partial charge in [-0.3, -0.25) is 0 Å². The van der Waals surface area contributed by atoms with Crippen molar-refractivity contribution in [1.29, 1.82) is 0 Å². The van der Waals surface area contributed by atoms with Gasteiger partial charge in [0.1, 0.15) is 0 Å². The molecule has 1 N–H and O–H groups in total. The van der Waals surface area contributed by atoms with E-state index in [1.54, 1.807) is 12.1 Å². The monoisotopic (exact) mass is 375 g/mol. The second-order valence-electron chi connectivity index (χ2n) is 7.42. The zero-order chi connectivity index (χ0) is 19.5. The van der Waals surface area contributed by atoms with Crippen LogP contribution in [0.3, 0.4) is 0 Å². The highest BCUT2D eigenvalue weighted by molar-refractivity contribution is 5.97. The number of rotatable bonds is 6. The fraction of sp³-hybridized carbons (Fsp3) is 0.304. The Kier molecular flexibility index (Phi) is 5.26. The van der Waals surface area contributed by atoms with Crippen molar-refractivity contribution in [1.82, 2.24) is 14.5 Å². The normalized spacial score (nSPS) is 17.1. The molecule has 3 aromatic rings. The van der Waals surface area contributed by atoms with Gasteiger partial charge in [0.25, 0.3) is 0 Å². The second kappa shape index (κ2) is 7.98. The highest BCUT2D eigenvalue weighted by Gasteiger charge is 2.23. The van der Waals surface area contributed by atoms with E-state index in [1.807, 2.05) is 48.8 Å². The van der Waals surface area contributed by atoms with Gasteiger partial charge in [0.2, 0.25) is 0 Å². The van der Waals surface area contributed by atoms with Crippen molar-refractivity contribution in [2.75, 3.05) is 13.6 Å². The smallest absolute Gasteiger partial charge is 0.336 e. The molecule has 1 saturated heterocycles. The highest BCUT2D eigenvalue weighted by Crippen LogP contribution is 2.34. The minimum atomic E-state index is -0.919. The third-order valence-electron chi connectivity index (χ3n) is 5.67. The summed E-state index contributed by atoms with van der Waals surface area (Å²) in [5.41, 5.74) is 3.72. The predicted molar refractivity (Wildman–Crippen MR) is 110 cm³/mol. The van der Waals surface area contributed by atoms with Crippen molar-refractivity contribution in [3.05, 3.63) is 66.5 Å². The Balaban J connectivity index is 1.77. The molecule has 1 aliphatic rings. The van der Waals surface area contributed by atoms with E-state index in [0.717, 1.165) is 36.5 Å². The fourth-order valence-corrected chi connectivity index (χ4v) is 4.15. The first-order valence-electron chi connectivity index (χ1n) is 9.78. The molecule has 4 rings (SSSR count). The third kappa shape index (κ3) is 3.58. The fourth-order valence-electron chi connectivity index (χ4n) is 4.15. The molecule has 5 nitrogen and oxygen atoms in total. The summed E-state index contributed by atoms with van der Waals surface area (Å²) >= 11 is 0.